The van der Waals surface area contributed by atoms with E-state index in [0.717, 1.165) is 18.2 Å². The molecule has 2 unspecified atom stereocenters. The maximum Gasteiger partial charge on any atom is 0.416 e. The number of halogens is 5. The predicted octanol–water partition coefficient (Wildman–Crippen LogP) is 4.20. The summed E-state index contributed by atoms with van der Waals surface area (Å²) in [6, 6.07) is 4.09. The third kappa shape index (κ3) is 4.90. The van der Waals surface area contributed by atoms with Crippen LogP contribution in [0.25, 0.3) is 5.69 Å². The molecule has 1 aromatic carbocycles. The van der Waals surface area contributed by atoms with Crippen LogP contribution in [0.15, 0.2) is 24.3 Å². The van der Waals surface area contributed by atoms with Crippen LogP contribution >= 0.6 is 24.0 Å². The van der Waals surface area contributed by atoms with Crippen molar-refractivity contribution in [2.45, 2.75) is 33.0 Å². The molecule has 1 amide bonds. The number of carbonyl (C=O) groups excluding carboxylic acids is 1. The first-order chi connectivity index (χ1) is 11.5. The first-order valence-electron chi connectivity index (χ1n) is 7.51. The van der Waals surface area contributed by atoms with Gasteiger partial charge >= 0.3 is 6.18 Å². The number of aryl methyl sites for hydroxylation is 1. The van der Waals surface area contributed by atoms with E-state index in [0.29, 0.717) is 5.69 Å². The zero-order valence-electron chi connectivity index (χ0n) is 14.3. The van der Waals surface area contributed by atoms with E-state index in [1.165, 1.54) is 4.68 Å². The van der Waals surface area contributed by atoms with Gasteiger partial charge in [-0.3, -0.25) is 4.79 Å². The molecule has 2 rings (SSSR count). The first kappa shape index (κ1) is 22.3. The van der Waals surface area contributed by atoms with Gasteiger partial charge in [0.1, 0.15) is 5.82 Å². The summed E-state index contributed by atoms with van der Waals surface area (Å²) in [6.45, 7) is 5.00. The van der Waals surface area contributed by atoms with E-state index in [4.69, 9.17) is 17.3 Å². The van der Waals surface area contributed by atoms with Crippen LogP contribution in [0.2, 0.25) is 5.02 Å². The minimum atomic E-state index is -4.52. The highest BCUT2D eigenvalue weighted by atomic mass is 35.5. The summed E-state index contributed by atoms with van der Waals surface area (Å²) in [6.07, 6.45) is -4.52. The lowest BCUT2D eigenvalue weighted by molar-refractivity contribution is -0.137. The Morgan fingerprint density at radius 3 is 2.46 bits per heavy atom. The lowest BCUT2D eigenvalue weighted by Gasteiger charge is -2.17. The molecule has 1 aromatic heterocycles. The number of rotatable bonds is 4. The van der Waals surface area contributed by atoms with Gasteiger partial charge in [-0.25, -0.2) is 4.68 Å². The molecule has 0 bridgehead atoms. The van der Waals surface area contributed by atoms with Crippen molar-refractivity contribution >= 4 is 35.7 Å². The molecule has 0 aliphatic carbocycles. The monoisotopic (exact) mass is 410 g/mol. The summed E-state index contributed by atoms with van der Waals surface area (Å²) in [5.41, 5.74) is 5.38. The molecule has 0 aliphatic rings. The van der Waals surface area contributed by atoms with Crippen molar-refractivity contribution in [3.05, 3.63) is 40.5 Å². The van der Waals surface area contributed by atoms with Gasteiger partial charge in [0.2, 0.25) is 5.91 Å². The summed E-state index contributed by atoms with van der Waals surface area (Å²) in [5.74, 6) is -0.629. The largest absolute Gasteiger partial charge is 0.416 e. The maximum atomic E-state index is 13.0. The van der Waals surface area contributed by atoms with Crippen molar-refractivity contribution in [2.75, 3.05) is 5.32 Å². The van der Waals surface area contributed by atoms with E-state index in [2.05, 4.69) is 10.4 Å². The number of aromatic nitrogens is 2. The molecule has 10 heteroatoms. The van der Waals surface area contributed by atoms with Gasteiger partial charge in [0.25, 0.3) is 0 Å². The Balaban J connectivity index is 0.00000338. The number of anilines is 1. The molecular formula is C16H19Cl2F3N4O. The molecule has 0 saturated heterocycles. The summed E-state index contributed by atoms with van der Waals surface area (Å²) < 4.78 is 40.1. The smallest absolute Gasteiger partial charge is 0.327 e. The molecule has 2 aromatic rings. The molecule has 1 heterocycles. The molecule has 2 atom stereocenters. The maximum absolute atomic E-state index is 13.0. The Labute approximate surface area is 160 Å². The summed E-state index contributed by atoms with van der Waals surface area (Å²) in [7, 11) is 0. The Hall–Kier alpha value is -1.77. The van der Waals surface area contributed by atoms with Crippen LogP contribution < -0.4 is 11.1 Å². The van der Waals surface area contributed by atoms with E-state index < -0.39 is 17.7 Å². The summed E-state index contributed by atoms with van der Waals surface area (Å²) in [5, 5.41) is 6.85. The van der Waals surface area contributed by atoms with Gasteiger partial charge in [-0.05, 0) is 32.0 Å². The lowest BCUT2D eigenvalue weighted by atomic mass is 10.0. The highest BCUT2D eigenvalue weighted by Gasteiger charge is 2.31. The standard InChI is InChI=1S/C16H18ClF3N4O.ClH/c1-8-6-14(22-15(25)9(2)10(3)21)24(23-8)13-7-11(16(18,19)20)4-5-12(13)17;/h4-7,9-10H,21H2,1-3H3,(H,22,25);1H. The normalized spacial score (nSPS) is 13.7. The number of carbonyl (C=O) groups is 1. The molecule has 0 radical (unpaired) electrons. The first-order valence-corrected chi connectivity index (χ1v) is 7.88. The Morgan fingerprint density at radius 2 is 1.92 bits per heavy atom. The molecule has 0 saturated carbocycles. The second-order valence-electron chi connectivity index (χ2n) is 5.88. The van der Waals surface area contributed by atoms with Crippen LogP contribution in [0, 0.1) is 12.8 Å². The van der Waals surface area contributed by atoms with Gasteiger partial charge in [0.05, 0.1) is 27.9 Å². The van der Waals surface area contributed by atoms with E-state index in [1.54, 1.807) is 26.8 Å². The van der Waals surface area contributed by atoms with Gasteiger partial charge < -0.3 is 11.1 Å². The number of nitrogens with zero attached hydrogens (tertiary/aromatic N) is 2. The summed E-state index contributed by atoms with van der Waals surface area (Å²) in [4.78, 5) is 12.2. The molecule has 5 nitrogen and oxygen atoms in total. The molecule has 0 spiro atoms. The zero-order valence-corrected chi connectivity index (χ0v) is 15.8. The molecule has 26 heavy (non-hydrogen) atoms. The highest BCUT2D eigenvalue weighted by Crippen LogP contribution is 2.34. The van der Waals surface area contributed by atoms with Gasteiger partial charge in [0.15, 0.2) is 0 Å². The number of nitrogens with two attached hydrogens (primary N) is 1. The molecule has 144 valence electrons. The number of amides is 1. The zero-order chi connectivity index (χ0) is 18.9. The second kappa shape index (κ2) is 8.28. The molecule has 3 N–H and O–H groups in total. The van der Waals surface area contributed by atoms with Crippen LogP contribution in [-0.2, 0) is 11.0 Å². The molecule has 0 fully saturated rings. The van der Waals surface area contributed by atoms with Gasteiger partial charge in [0, 0.05) is 12.1 Å². The van der Waals surface area contributed by atoms with Crippen molar-refractivity contribution in [1.82, 2.24) is 9.78 Å². The number of benzene rings is 1. The van der Waals surface area contributed by atoms with E-state index in [1.807, 2.05) is 0 Å². The fourth-order valence-corrected chi connectivity index (χ4v) is 2.30. The Bertz CT molecular complexity index is 790. The van der Waals surface area contributed by atoms with Gasteiger partial charge in [-0.15, -0.1) is 12.4 Å². The van der Waals surface area contributed by atoms with Crippen molar-refractivity contribution < 1.29 is 18.0 Å². The van der Waals surface area contributed by atoms with Crippen LogP contribution in [-0.4, -0.2) is 21.7 Å². The topological polar surface area (TPSA) is 72.9 Å². The van der Waals surface area contributed by atoms with Crippen LogP contribution in [0.1, 0.15) is 25.1 Å². The minimum Gasteiger partial charge on any atom is -0.327 e. The van der Waals surface area contributed by atoms with Crippen molar-refractivity contribution in [3.63, 3.8) is 0 Å². The Kier molecular flexibility index (Phi) is 7.09. The lowest BCUT2D eigenvalue weighted by Crippen LogP contribution is -2.34. The minimum absolute atomic E-state index is 0. The van der Waals surface area contributed by atoms with Crippen LogP contribution in [0.5, 0.6) is 0 Å². The van der Waals surface area contributed by atoms with E-state index >= 15 is 0 Å². The molecular weight excluding hydrogens is 392 g/mol. The number of hydrogen-bond donors (Lipinski definition) is 2. The van der Waals surface area contributed by atoms with Gasteiger partial charge in [-0.2, -0.15) is 18.3 Å². The SMILES string of the molecule is Cc1cc(NC(=O)C(C)C(C)N)n(-c2cc(C(F)(F)F)ccc2Cl)n1.Cl. The highest BCUT2D eigenvalue weighted by molar-refractivity contribution is 6.32. The Morgan fingerprint density at radius 1 is 1.31 bits per heavy atom. The van der Waals surface area contributed by atoms with Crippen molar-refractivity contribution in [1.29, 1.82) is 0 Å². The van der Waals surface area contributed by atoms with Crippen molar-refractivity contribution in [2.24, 2.45) is 11.7 Å². The fraction of sp³-hybridized carbons (Fsp3) is 0.375. The van der Waals surface area contributed by atoms with Crippen LogP contribution in [0.4, 0.5) is 19.0 Å². The number of hydrogen-bond acceptors (Lipinski definition) is 3. The van der Waals surface area contributed by atoms with E-state index in [-0.39, 0.29) is 40.9 Å². The number of nitrogens with one attached hydrogen (secondary N) is 1. The second-order valence-corrected chi connectivity index (χ2v) is 6.29. The average molecular weight is 411 g/mol. The third-order valence-corrected chi connectivity index (χ3v) is 4.11. The van der Waals surface area contributed by atoms with Gasteiger partial charge in [-0.1, -0.05) is 18.5 Å². The van der Waals surface area contributed by atoms with E-state index in [9.17, 15) is 18.0 Å². The number of alkyl halides is 3. The fourth-order valence-electron chi connectivity index (χ4n) is 2.10. The molecule has 0 aliphatic heterocycles. The predicted molar refractivity (Wildman–Crippen MR) is 97.0 cm³/mol. The average Bonchev–Trinajstić information content (AvgIpc) is 2.85. The van der Waals surface area contributed by atoms with Crippen LogP contribution in [0.3, 0.4) is 0 Å². The van der Waals surface area contributed by atoms with Crippen molar-refractivity contribution in [3.8, 4) is 5.69 Å². The summed E-state index contributed by atoms with van der Waals surface area (Å²) >= 11 is 6.05. The quantitative estimate of drug-likeness (QED) is 0.792. The third-order valence-electron chi connectivity index (χ3n) is 3.79.